The van der Waals surface area contributed by atoms with E-state index < -0.39 is 11.9 Å². The molecule has 3 heterocycles. The highest BCUT2D eigenvalue weighted by Crippen LogP contribution is 2.27. The number of hydrogen-bond acceptors (Lipinski definition) is 7. The van der Waals surface area contributed by atoms with Gasteiger partial charge in [-0.3, -0.25) is 19.6 Å². The summed E-state index contributed by atoms with van der Waals surface area (Å²) in [4.78, 5) is 43.6. The van der Waals surface area contributed by atoms with Gasteiger partial charge >= 0.3 is 0 Å². The Morgan fingerprint density at radius 3 is 2.79 bits per heavy atom. The summed E-state index contributed by atoms with van der Waals surface area (Å²) in [5, 5.41) is 17.8. The molecular weight excluding hydrogens is 500 g/mol. The van der Waals surface area contributed by atoms with E-state index in [4.69, 9.17) is 0 Å². The molecule has 3 aromatic heterocycles. The number of thiazole rings is 1. The number of nitrogens with one attached hydrogen (secondary N) is 3. The van der Waals surface area contributed by atoms with Gasteiger partial charge in [0.05, 0.1) is 22.3 Å². The zero-order chi connectivity index (χ0) is 26.3. The number of nitrogens with zero attached hydrogens (tertiary/aromatic N) is 3. The van der Waals surface area contributed by atoms with Crippen LogP contribution in [0.3, 0.4) is 0 Å². The monoisotopic (exact) mass is 525 g/mol. The fourth-order valence-electron chi connectivity index (χ4n) is 4.15. The summed E-state index contributed by atoms with van der Waals surface area (Å²) in [6.45, 7) is 0.392. The van der Waals surface area contributed by atoms with Gasteiger partial charge in [0, 0.05) is 42.7 Å². The maximum Gasteiger partial charge on any atom is 0.256 e. The number of imidazole rings is 1. The normalized spacial score (nSPS) is 12.5. The van der Waals surface area contributed by atoms with Crippen molar-refractivity contribution in [2.45, 2.75) is 25.3 Å². The number of benzene rings is 2. The molecule has 5 rings (SSSR count). The van der Waals surface area contributed by atoms with Crippen molar-refractivity contribution in [2.75, 3.05) is 6.54 Å². The highest BCUT2D eigenvalue weighted by Gasteiger charge is 2.16. The molecule has 0 saturated heterocycles. The van der Waals surface area contributed by atoms with Crippen molar-refractivity contribution in [1.29, 1.82) is 0 Å². The Morgan fingerprint density at radius 2 is 1.97 bits per heavy atom. The Kier molecular flexibility index (Phi) is 7.70. The standard InChI is InChI=1S/C28H26N6O3S/c35-24-10-12-29-14-21(24)27(36)31-11-4-3-7-22(34-28(37)25-16-30-17-38-25)26-32-15-23(33-26)20-9-8-18-5-1-2-6-19(18)13-20/h1-2,5-6,8-10,12-17,22H,3-4,7,11H2,(H,29,35)(H,31,36)(H,32,33)(H,34,37)/p-1. The number of H-pyrrole nitrogens is 2. The van der Waals surface area contributed by atoms with E-state index in [2.05, 4.69) is 54.5 Å². The topological polar surface area (TPSA) is 139 Å². The summed E-state index contributed by atoms with van der Waals surface area (Å²) in [7, 11) is 0. The van der Waals surface area contributed by atoms with Crippen LogP contribution in [0, 0.1) is 0 Å². The smallest absolute Gasteiger partial charge is 0.256 e. The van der Waals surface area contributed by atoms with E-state index in [9.17, 15) is 14.7 Å². The Morgan fingerprint density at radius 1 is 1.11 bits per heavy atom. The average Bonchev–Trinajstić information content (AvgIpc) is 3.65. The summed E-state index contributed by atoms with van der Waals surface area (Å²) in [6, 6.07) is 15.2. The van der Waals surface area contributed by atoms with E-state index in [1.54, 1.807) is 11.7 Å². The molecule has 0 fully saturated rings. The molecule has 0 aliphatic heterocycles. The van der Waals surface area contributed by atoms with Crippen LogP contribution in [0.25, 0.3) is 22.0 Å². The number of fused-ring (bicyclic) bond motifs is 1. The maximum absolute atomic E-state index is 12.8. The number of unbranched alkanes of at least 4 members (excludes halogenated alkanes) is 1. The van der Waals surface area contributed by atoms with Gasteiger partial charge in [0.25, 0.3) is 5.91 Å². The summed E-state index contributed by atoms with van der Waals surface area (Å²) >= 11 is 1.25. The first-order chi connectivity index (χ1) is 18.6. The van der Waals surface area contributed by atoms with Crippen LogP contribution in [0.4, 0.5) is 0 Å². The van der Waals surface area contributed by atoms with Gasteiger partial charge in [-0.05, 0) is 36.1 Å². The van der Waals surface area contributed by atoms with Gasteiger partial charge in [0.1, 0.15) is 17.4 Å². The van der Waals surface area contributed by atoms with Gasteiger partial charge in [-0.1, -0.05) is 36.4 Å². The maximum atomic E-state index is 12.8. The molecule has 0 radical (unpaired) electrons. The molecule has 1 atom stereocenters. The highest BCUT2D eigenvalue weighted by molar-refractivity contribution is 7.11. The average molecular weight is 526 g/mol. The fourth-order valence-corrected chi connectivity index (χ4v) is 4.66. The highest BCUT2D eigenvalue weighted by atomic mass is 32.1. The van der Waals surface area contributed by atoms with Crippen molar-refractivity contribution in [3.63, 3.8) is 0 Å². The van der Waals surface area contributed by atoms with Gasteiger partial charge < -0.3 is 20.4 Å². The lowest BCUT2D eigenvalue weighted by Gasteiger charge is -2.15. The van der Waals surface area contributed by atoms with Crippen molar-refractivity contribution in [2.24, 2.45) is 4.99 Å². The van der Waals surface area contributed by atoms with Gasteiger partial charge in [0.2, 0.25) is 0 Å². The Balaban J connectivity index is 1.28. The molecule has 2 aromatic carbocycles. The number of amides is 1. The zero-order valence-electron chi connectivity index (χ0n) is 20.4. The molecule has 10 heteroatoms. The Labute approximate surface area is 222 Å². The van der Waals surface area contributed by atoms with Crippen LogP contribution in [-0.4, -0.2) is 38.3 Å². The van der Waals surface area contributed by atoms with Crippen molar-refractivity contribution in [3.05, 3.63) is 105 Å². The zero-order valence-corrected chi connectivity index (χ0v) is 21.2. The van der Waals surface area contributed by atoms with Crippen LogP contribution in [0.1, 0.15) is 46.4 Å². The van der Waals surface area contributed by atoms with E-state index in [0.29, 0.717) is 36.5 Å². The first-order valence-electron chi connectivity index (χ1n) is 12.2. The van der Waals surface area contributed by atoms with E-state index >= 15 is 0 Å². The summed E-state index contributed by atoms with van der Waals surface area (Å²) in [6.07, 6.45) is 8.03. The molecule has 9 nitrogen and oxygen atoms in total. The summed E-state index contributed by atoms with van der Waals surface area (Å²) < 4.78 is 0. The minimum Gasteiger partial charge on any atom is -0.858 e. The van der Waals surface area contributed by atoms with Crippen molar-refractivity contribution in [1.82, 2.24) is 25.3 Å². The second kappa shape index (κ2) is 11.7. The van der Waals surface area contributed by atoms with Gasteiger partial charge in [0.15, 0.2) is 5.43 Å². The van der Waals surface area contributed by atoms with Gasteiger partial charge in [-0.25, -0.2) is 4.98 Å². The molecule has 0 aliphatic carbocycles. The lowest BCUT2D eigenvalue weighted by atomic mass is 10.1. The largest absolute Gasteiger partial charge is 0.858 e. The third-order valence-corrected chi connectivity index (χ3v) is 6.91. The lowest BCUT2D eigenvalue weighted by Crippen LogP contribution is -2.29. The molecule has 1 unspecified atom stereocenters. The minimum atomic E-state index is -0.480. The van der Waals surface area contributed by atoms with E-state index in [1.165, 1.54) is 36.0 Å². The quantitative estimate of drug-likeness (QED) is 0.145. The molecular formula is C28H25N6O3S-. The van der Waals surface area contributed by atoms with Crippen molar-refractivity contribution < 1.29 is 9.90 Å². The molecule has 0 spiro atoms. The molecule has 5 aromatic rings. The Bertz CT molecular complexity index is 1620. The Hall–Kier alpha value is -4.57. The number of carbonyl (C=O) groups is 1. The number of aromatic nitrogens is 4. The number of carbonyl (C=O) groups excluding carboxylic acids is 1. The molecule has 0 bridgehead atoms. The molecule has 1 amide bonds. The number of hydrogen-bond donors (Lipinski definition) is 3. The predicted molar refractivity (Wildman–Crippen MR) is 146 cm³/mol. The van der Waals surface area contributed by atoms with E-state index in [-0.39, 0.29) is 16.9 Å². The van der Waals surface area contributed by atoms with Gasteiger partial charge in [-0.15, -0.1) is 11.3 Å². The summed E-state index contributed by atoms with van der Waals surface area (Å²) in [5.74, 6) is -0.150. The van der Waals surface area contributed by atoms with Crippen LogP contribution >= 0.6 is 11.3 Å². The van der Waals surface area contributed by atoms with Crippen LogP contribution in [-0.2, 0) is 0 Å². The fraction of sp³-hybridized carbons (Fsp3) is 0.179. The molecule has 0 saturated carbocycles. The number of aliphatic imine (C=N–C) groups is 1. The second-order valence-corrected chi connectivity index (χ2v) is 9.62. The summed E-state index contributed by atoms with van der Waals surface area (Å²) in [5.41, 5.74) is 3.18. The third-order valence-electron chi connectivity index (χ3n) is 6.15. The van der Waals surface area contributed by atoms with Crippen LogP contribution in [0.5, 0.6) is 0 Å². The SMILES string of the molecule is O=C(NCCCCC(N=C([O-])c1cncs1)c1ncc(-c2ccc3ccccc3c2)[nH]1)c1c[nH]ccc1=O. The lowest BCUT2D eigenvalue weighted by molar-refractivity contribution is -0.213. The van der Waals surface area contributed by atoms with Crippen LogP contribution in [0.2, 0.25) is 0 Å². The molecule has 192 valence electrons. The first-order valence-corrected chi connectivity index (χ1v) is 13.1. The van der Waals surface area contributed by atoms with Crippen molar-refractivity contribution in [3.8, 4) is 11.3 Å². The molecule has 0 aliphatic rings. The van der Waals surface area contributed by atoms with Gasteiger partial charge in [-0.2, -0.15) is 0 Å². The van der Waals surface area contributed by atoms with E-state index in [0.717, 1.165) is 22.0 Å². The predicted octanol–water partition coefficient (Wildman–Crippen LogP) is 3.82. The molecule has 3 N–H and O–H groups in total. The van der Waals surface area contributed by atoms with Crippen LogP contribution < -0.4 is 15.9 Å². The van der Waals surface area contributed by atoms with Crippen LogP contribution in [0.15, 0.2) is 88.6 Å². The number of aromatic amines is 2. The number of rotatable bonds is 10. The second-order valence-electron chi connectivity index (χ2n) is 8.73. The first kappa shape index (κ1) is 25.1. The van der Waals surface area contributed by atoms with Crippen molar-refractivity contribution >= 4 is 33.9 Å². The molecule has 38 heavy (non-hydrogen) atoms. The van der Waals surface area contributed by atoms with E-state index in [1.807, 2.05) is 18.2 Å². The minimum absolute atomic E-state index is 0.0762. The number of pyridine rings is 1. The third kappa shape index (κ3) is 5.87.